The van der Waals surface area contributed by atoms with Crippen molar-refractivity contribution in [2.45, 2.75) is 24.1 Å². The molecule has 3 rings (SSSR count). The highest BCUT2D eigenvalue weighted by Crippen LogP contribution is 2.40. The predicted octanol–water partition coefficient (Wildman–Crippen LogP) is -0.851. The Balaban J connectivity index is 1.88. The van der Waals surface area contributed by atoms with Crippen molar-refractivity contribution < 1.29 is 31.2 Å². The summed E-state index contributed by atoms with van der Waals surface area (Å²) in [5.74, 6) is 0.171. The number of nitrogen functional groups attached to an aromatic ring is 1. The van der Waals surface area contributed by atoms with Crippen LogP contribution >= 0.6 is 17.9 Å². The van der Waals surface area contributed by atoms with Crippen molar-refractivity contribution >= 4 is 51.6 Å². The van der Waals surface area contributed by atoms with Crippen LogP contribution in [0.5, 0.6) is 0 Å². The summed E-state index contributed by atoms with van der Waals surface area (Å²) in [6.07, 6.45) is 0.0845. The molecule has 0 saturated carbocycles. The first-order valence-corrected chi connectivity index (χ1v) is 10.0. The van der Waals surface area contributed by atoms with Gasteiger partial charge in [-0.1, -0.05) is 0 Å². The lowest BCUT2D eigenvalue weighted by Crippen LogP contribution is -2.33. The number of imidazole rings is 1. The zero-order valence-electron chi connectivity index (χ0n) is 13.4. The minimum absolute atomic E-state index is 0.0344. The van der Waals surface area contributed by atoms with Crippen LogP contribution in [-0.4, -0.2) is 58.8 Å². The maximum absolute atomic E-state index is 11.7. The smallest absolute Gasteiger partial charge is 0.362 e. The minimum Gasteiger partial charge on any atom is -0.382 e. The number of carbonyl (C=O) groups is 1. The maximum Gasteiger partial charge on any atom is 0.362 e. The topological polar surface area (TPSA) is 178 Å². The van der Waals surface area contributed by atoms with Crippen LogP contribution in [0, 0.1) is 0 Å². The zero-order valence-corrected chi connectivity index (χ0v) is 16.3. The van der Waals surface area contributed by atoms with Crippen molar-refractivity contribution in [1.82, 2.24) is 24.2 Å². The third-order valence-electron chi connectivity index (χ3n) is 3.83. The summed E-state index contributed by atoms with van der Waals surface area (Å²) in [4.78, 5) is 22.4. The van der Waals surface area contributed by atoms with Crippen molar-refractivity contribution in [2.75, 3.05) is 12.3 Å². The van der Waals surface area contributed by atoms with E-state index in [9.17, 15) is 17.8 Å². The Morgan fingerprint density at radius 2 is 2.22 bits per heavy atom. The molecule has 5 atom stereocenters. The molecule has 1 saturated heterocycles. The summed E-state index contributed by atoms with van der Waals surface area (Å²) in [7, 11) is -2.59. The molecule has 2 aromatic heterocycles. The summed E-state index contributed by atoms with van der Waals surface area (Å²) in [5.41, 5.74) is 5.70. The maximum atomic E-state index is 11.7. The van der Waals surface area contributed by atoms with Crippen molar-refractivity contribution in [2.24, 2.45) is 0 Å². The van der Waals surface area contributed by atoms with E-state index in [1.54, 1.807) is 0 Å². The average Bonchev–Trinajstić information content (AvgIpc) is 3.21. The zero-order chi connectivity index (χ0) is 19.6. The fraction of sp³-hybridized carbons (Fsp3) is 0.455. The van der Waals surface area contributed by atoms with Gasteiger partial charge in [0.2, 0.25) is 6.41 Å². The van der Waals surface area contributed by atoms with Crippen molar-refractivity contribution in [3.8, 4) is 0 Å². The van der Waals surface area contributed by atoms with Crippen LogP contribution in [0.4, 0.5) is 5.82 Å². The van der Waals surface area contributed by atoms with E-state index in [0.29, 0.717) is 11.2 Å². The second kappa shape index (κ2) is 8.05. The number of aromatic nitrogens is 4. The lowest BCUT2D eigenvalue weighted by atomic mass is 10.2. The van der Waals surface area contributed by atoms with E-state index in [0.717, 1.165) is 0 Å². The molecule has 1 amide bonds. The Labute approximate surface area is 156 Å². The third kappa shape index (κ3) is 3.91. The van der Waals surface area contributed by atoms with Gasteiger partial charge in [-0.15, -0.1) is 0 Å². The van der Waals surface area contributed by atoms with Gasteiger partial charge in [0.15, 0.2) is 26.2 Å². The standard InChI is InChI=1S/C11H14N6O7P2S/c12-9-6-10(14-2-13-9)17(3-15-6)11-7(24-25)8(26-19)5(23-11)1-22-27(20,21)16-4-18/h2-5,7-8,11H,1,25H2,(H,16,18)(H2,12,13,14)/t5-,7-,8-,11-/m1/s1. The van der Waals surface area contributed by atoms with E-state index in [2.05, 4.69) is 28.6 Å². The van der Waals surface area contributed by atoms with Gasteiger partial charge in [-0.3, -0.25) is 18.1 Å². The molecule has 3 heterocycles. The van der Waals surface area contributed by atoms with Crippen molar-refractivity contribution in [3.05, 3.63) is 12.7 Å². The summed E-state index contributed by atoms with van der Waals surface area (Å²) in [6.45, 7) is -0.492. The molecular weight excluding hydrogens is 422 g/mol. The lowest BCUT2D eigenvalue weighted by molar-refractivity contribution is -0.108. The number of nitrogens with two attached hydrogens (primary N) is 1. The minimum atomic E-state index is -4.29. The number of ether oxygens (including phenoxy) is 1. The van der Waals surface area contributed by atoms with E-state index in [4.69, 9.17) is 15.0 Å². The Bertz CT molecular complexity index is 956. The highest BCUT2D eigenvalue weighted by atomic mass is 32.2. The molecule has 3 N–H and O–H groups in total. The largest absolute Gasteiger partial charge is 0.382 e. The molecule has 146 valence electrons. The molecule has 0 aliphatic carbocycles. The van der Waals surface area contributed by atoms with Gasteiger partial charge in [-0.25, -0.2) is 19.7 Å². The van der Waals surface area contributed by atoms with E-state index in [-0.39, 0.29) is 20.7 Å². The fourth-order valence-electron chi connectivity index (χ4n) is 2.66. The molecule has 0 aromatic carbocycles. The lowest BCUT2D eigenvalue weighted by Gasteiger charge is -2.19. The molecule has 1 fully saturated rings. The number of fused-ring (bicyclic) bond motifs is 1. The van der Waals surface area contributed by atoms with E-state index >= 15 is 0 Å². The number of hydrogen-bond acceptors (Lipinski definition) is 11. The number of rotatable bonds is 8. The fourth-order valence-corrected chi connectivity index (χ4v) is 4.23. The molecule has 0 bridgehead atoms. The molecule has 1 unspecified atom stereocenters. The van der Waals surface area contributed by atoms with Gasteiger partial charge in [-0.05, 0) is 0 Å². The molecular formula is C11H14N6O7P2S. The number of carbonyl (C=O) groups excluding carboxylic acids is 1. The first-order valence-electron chi connectivity index (χ1n) is 7.28. The number of hydrogen-bond donors (Lipinski definition) is 2. The summed E-state index contributed by atoms with van der Waals surface area (Å²) in [5, 5.41) is 0. The van der Waals surface area contributed by atoms with E-state index < -0.39 is 41.0 Å². The molecule has 2 aromatic rings. The SMILES string of the molecule is Nc1ncnc2c1ncn2[C@@H]1O[C@H](COS(=O)(=O)NC=O)[C@@H](P=O)[C@H]1OP. The molecule has 0 spiro atoms. The Morgan fingerprint density at radius 3 is 2.89 bits per heavy atom. The second-order valence-corrected chi connectivity index (χ2v) is 7.78. The Morgan fingerprint density at radius 1 is 1.44 bits per heavy atom. The molecule has 1 aliphatic heterocycles. The molecule has 13 nitrogen and oxygen atoms in total. The summed E-state index contributed by atoms with van der Waals surface area (Å²) >= 11 is 0. The van der Waals surface area contributed by atoms with Crippen LogP contribution in [0.2, 0.25) is 0 Å². The van der Waals surface area contributed by atoms with Gasteiger partial charge in [0.05, 0.1) is 18.6 Å². The van der Waals surface area contributed by atoms with Crippen LogP contribution in [0.1, 0.15) is 6.23 Å². The molecule has 0 radical (unpaired) electrons. The normalized spacial score (nSPS) is 25.8. The predicted molar refractivity (Wildman–Crippen MR) is 93.7 cm³/mol. The van der Waals surface area contributed by atoms with Crippen molar-refractivity contribution in [1.29, 1.82) is 0 Å². The number of nitrogens with one attached hydrogen (secondary N) is 1. The van der Waals surface area contributed by atoms with Gasteiger partial charge in [-0.2, -0.15) is 8.42 Å². The van der Waals surface area contributed by atoms with Crippen LogP contribution in [-0.2, 0) is 33.1 Å². The first-order chi connectivity index (χ1) is 12.9. The van der Waals surface area contributed by atoms with E-state index in [1.807, 2.05) is 0 Å². The number of amides is 1. The molecule has 16 heteroatoms. The average molecular weight is 436 g/mol. The third-order valence-corrected chi connectivity index (χ3v) is 5.85. The van der Waals surface area contributed by atoms with Crippen molar-refractivity contribution in [3.63, 3.8) is 0 Å². The highest BCUT2D eigenvalue weighted by molar-refractivity contribution is 7.85. The Kier molecular flexibility index (Phi) is 5.94. The van der Waals surface area contributed by atoms with E-state index in [1.165, 1.54) is 21.9 Å². The van der Waals surface area contributed by atoms with Crippen LogP contribution in [0.25, 0.3) is 11.2 Å². The van der Waals surface area contributed by atoms with Crippen LogP contribution in [0.3, 0.4) is 0 Å². The van der Waals surface area contributed by atoms with Gasteiger partial charge >= 0.3 is 10.3 Å². The van der Waals surface area contributed by atoms with Gasteiger partial charge < -0.3 is 15.0 Å². The number of nitrogens with zero attached hydrogens (tertiary/aromatic N) is 4. The number of anilines is 1. The van der Waals surface area contributed by atoms with Gasteiger partial charge in [0.25, 0.3) is 0 Å². The highest BCUT2D eigenvalue weighted by Gasteiger charge is 2.48. The Hall–Kier alpha value is -1.82. The molecule has 1 aliphatic rings. The first kappa shape index (κ1) is 19.9. The monoisotopic (exact) mass is 436 g/mol. The quantitative estimate of drug-likeness (QED) is 0.389. The van der Waals surface area contributed by atoms with Crippen LogP contribution < -0.4 is 10.5 Å². The molecule has 27 heavy (non-hydrogen) atoms. The van der Waals surface area contributed by atoms with Gasteiger partial charge in [0.1, 0.15) is 24.1 Å². The second-order valence-electron chi connectivity index (χ2n) is 5.32. The van der Waals surface area contributed by atoms with Gasteiger partial charge in [0, 0.05) is 9.47 Å². The summed E-state index contributed by atoms with van der Waals surface area (Å²) < 4.78 is 53.4. The summed E-state index contributed by atoms with van der Waals surface area (Å²) in [6, 6.07) is 0. The van der Waals surface area contributed by atoms with Crippen LogP contribution in [0.15, 0.2) is 12.7 Å².